The highest BCUT2D eigenvalue weighted by Gasteiger charge is 2.30. The molecule has 0 aliphatic carbocycles. The standard InChI is InChI=1S/C69H134O17P2/c1-9-61(7)47-39-31-23-19-20-26-36-44-52-69(74)86-65(56-80-67(72)50-42-34-28-27-32-40-48-62(8)10-2)58-84-88(77,78)82-54-63(70)53-81-87(75,76)83-57-64(85-68(73)51-43-35-25-18-14-16-22-30-38-46-60(5)6)55-79-66(71)49-41-33-24-17-13-11-12-15-21-29-37-45-59(3)4/h59-65,70H,9-58H2,1-8H3,(H,75,76)(H,77,78)/t61?,62?,63-,64-,65-/m1/s1. The number of phosphoric ester groups is 2. The van der Waals surface area contributed by atoms with Gasteiger partial charge in [-0.25, -0.2) is 9.13 Å². The van der Waals surface area contributed by atoms with E-state index in [9.17, 15) is 43.2 Å². The number of aliphatic hydroxyl groups is 1. The van der Waals surface area contributed by atoms with Crippen LogP contribution in [0.25, 0.3) is 0 Å². The third-order valence-corrected chi connectivity index (χ3v) is 18.4. The van der Waals surface area contributed by atoms with Crippen molar-refractivity contribution in [1.82, 2.24) is 0 Å². The summed E-state index contributed by atoms with van der Waals surface area (Å²) in [6.45, 7) is 14.1. The molecular weight excluding hydrogens is 1160 g/mol. The van der Waals surface area contributed by atoms with Crippen LogP contribution in [0.1, 0.15) is 338 Å². The second-order valence-corrected chi connectivity index (χ2v) is 29.3. The van der Waals surface area contributed by atoms with Crippen molar-refractivity contribution in [1.29, 1.82) is 0 Å². The van der Waals surface area contributed by atoms with Crippen LogP contribution in [0.5, 0.6) is 0 Å². The van der Waals surface area contributed by atoms with Gasteiger partial charge in [0.2, 0.25) is 0 Å². The van der Waals surface area contributed by atoms with Crippen LogP contribution < -0.4 is 0 Å². The van der Waals surface area contributed by atoms with Crippen LogP contribution in [0.4, 0.5) is 0 Å². The van der Waals surface area contributed by atoms with Gasteiger partial charge in [0, 0.05) is 25.7 Å². The SMILES string of the molecule is CCC(C)CCCCCCCCCCC(=O)O[C@H](COC(=O)CCCCCCCCC(C)CC)COP(=O)(O)OC[C@H](O)COP(=O)(O)OC[C@@H](COC(=O)CCCCCCCCCCCCCC(C)C)OC(=O)CCCCCCCCCCCC(C)C. The van der Waals surface area contributed by atoms with Gasteiger partial charge in [0.1, 0.15) is 19.3 Å². The molecule has 0 aliphatic rings. The smallest absolute Gasteiger partial charge is 0.462 e. The van der Waals surface area contributed by atoms with Crippen LogP contribution in [0, 0.1) is 23.7 Å². The molecule has 0 aromatic heterocycles. The summed E-state index contributed by atoms with van der Waals surface area (Å²) in [6.07, 6.45) is 40.3. The molecule has 0 aromatic carbocycles. The Morgan fingerprint density at radius 3 is 0.807 bits per heavy atom. The van der Waals surface area contributed by atoms with Crippen molar-refractivity contribution in [3.05, 3.63) is 0 Å². The molecule has 522 valence electrons. The minimum absolute atomic E-state index is 0.103. The zero-order valence-corrected chi connectivity index (χ0v) is 59.1. The maximum Gasteiger partial charge on any atom is 0.472 e. The second-order valence-electron chi connectivity index (χ2n) is 26.4. The van der Waals surface area contributed by atoms with E-state index >= 15 is 0 Å². The summed E-state index contributed by atoms with van der Waals surface area (Å²) >= 11 is 0. The Labute approximate surface area is 537 Å². The van der Waals surface area contributed by atoms with Gasteiger partial charge in [0.15, 0.2) is 12.2 Å². The maximum absolute atomic E-state index is 13.0. The third kappa shape index (κ3) is 60.3. The summed E-state index contributed by atoms with van der Waals surface area (Å²) in [6, 6.07) is 0. The molecule has 0 aromatic rings. The summed E-state index contributed by atoms with van der Waals surface area (Å²) in [7, 11) is -9.90. The molecule has 0 spiro atoms. The van der Waals surface area contributed by atoms with Crippen LogP contribution in [-0.4, -0.2) is 96.7 Å². The average molecular weight is 1300 g/mol. The van der Waals surface area contributed by atoms with E-state index in [0.717, 1.165) is 120 Å². The number of esters is 4. The van der Waals surface area contributed by atoms with Crippen LogP contribution in [0.15, 0.2) is 0 Å². The van der Waals surface area contributed by atoms with Gasteiger partial charge in [-0.1, -0.05) is 287 Å². The number of phosphoric acid groups is 2. The Morgan fingerprint density at radius 2 is 0.545 bits per heavy atom. The molecule has 3 N–H and O–H groups in total. The van der Waals surface area contributed by atoms with Gasteiger partial charge in [0.05, 0.1) is 26.4 Å². The fraction of sp³-hybridized carbons (Fsp3) is 0.942. The molecule has 0 aliphatic heterocycles. The van der Waals surface area contributed by atoms with Gasteiger partial charge in [0.25, 0.3) is 0 Å². The molecule has 7 atom stereocenters. The molecule has 0 radical (unpaired) electrons. The lowest BCUT2D eigenvalue weighted by atomic mass is 9.99. The number of hydrogen-bond donors (Lipinski definition) is 3. The van der Waals surface area contributed by atoms with Gasteiger partial charge in [-0.2, -0.15) is 0 Å². The van der Waals surface area contributed by atoms with Gasteiger partial charge < -0.3 is 33.8 Å². The lowest BCUT2D eigenvalue weighted by Crippen LogP contribution is -2.30. The van der Waals surface area contributed by atoms with E-state index in [4.69, 9.17) is 37.0 Å². The summed E-state index contributed by atoms with van der Waals surface area (Å²) in [5, 5.41) is 10.6. The number of carbonyl (C=O) groups excluding carboxylic acids is 4. The normalized spacial score (nSPS) is 14.9. The largest absolute Gasteiger partial charge is 0.472 e. The Hall–Kier alpha value is -1.94. The Balaban J connectivity index is 5.27. The summed E-state index contributed by atoms with van der Waals surface area (Å²) < 4.78 is 68.2. The average Bonchev–Trinajstić information content (AvgIpc) is 3.56. The zero-order chi connectivity index (χ0) is 65.4. The van der Waals surface area contributed by atoms with E-state index in [2.05, 4.69) is 55.4 Å². The van der Waals surface area contributed by atoms with Gasteiger partial charge >= 0.3 is 39.5 Å². The van der Waals surface area contributed by atoms with Crippen molar-refractivity contribution in [2.45, 2.75) is 356 Å². The number of unbranched alkanes of at least 4 members (excludes halogenated alkanes) is 30. The molecule has 4 unspecified atom stereocenters. The summed E-state index contributed by atoms with van der Waals surface area (Å²) in [5.41, 5.74) is 0. The molecule has 0 saturated heterocycles. The summed E-state index contributed by atoms with van der Waals surface area (Å²) in [4.78, 5) is 72.5. The van der Waals surface area contributed by atoms with Crippen molar-refractivity contribution in [3.63, 3.8) is 0 Å². The van der Waals surface area contributed by atoms with Crippen molar-refractivity contribution in [2.24, 2.45) is 23.7 Å². The molecule has 0 heterocycles. The van der Waals surface area contributed by atoms with Crippen molar-refractivity contribution in [2.75, 3.05) is 39.6 Å². The Morgan fingerprint density at radius 1 is 0.318 bits per heavy atom. The molecule has 0 amide bonds. The Bertz CT molecular complexity index is 1750. The Kier molecular flexibility index (Phi) is 57.6. The molecule has 0 rings (SSSR count). The molecule has 88 heavy (non-hydrogen) atoms. The molecule has 19 heteroatoms. The van der Waals surface area contributed by atoms with E-state index in [-0.39, 0.29) is 25.7 Å². The molecular formula is C69H134O17P2. The van der Waals surface area contributed by atoms with Crippen LogP contribution >= 0.6 is 15.6 Å². The first-order valence-electron chi connectivity index (χ1n) is 35.8. The minimum Gasteiger partial charge on any atom is -0.462 e. The van der Waals surface area contributed by atoms with Gasteiger partial charge in [-0.3, -0.25) is 37.3 Å². The third-order valence-electron chi connectivity index (χ3n) is 16.5. The molecule has 17 nitrogen and oxygen atoms in total. The van der Waals surface area contributed by atoms with Crippen LogP contribution in [-0.2, 0) is 65.4 Å². The highest BCUT2D eigenvalue weighted by molar-refractivity contribution is 7.47. The zero-order valence-electron chi connectivity index (χ0n) is 57.3. The number of ether oxygens (including phenoxy) is 4. The predicted octanol–water partition coefficient (Wildman–Crippen LogP) is 19.3. The fourth-order valence-corrected chi connectivity index (χ4v) is 11.8. The van der Waals surface area contributed by atoms with E-state index < -0.39 is 97.5 Å². The first kappa shape index (κ1) is 86.1. The van der Waals surface area contributed by atoms with E-state index in [1.165, 1.54) is 135 Å². The molecule has 0 fully saturated rings. The fourth-order valence-electron chi connectivity index (χ4n) is 10.2. The second kappa shape index (κ2) is 58.8. The van der Waals surface area contributed by atoms with Gasteiger partial charge in [-0.05, 0) is 49.4 Å². The lowest BCUT2D eigenvalue weighted by molar-refractivity contribution is -0.161. The quantitative estimate of drug-likeness (QED) is 0.0222. The summed E-state index contributed by atoms with van der Waals surface area (Å²) in [5.74, 6) is 0.875. The van der Waals surface area contributed by atoms with Crippen molar-refractivity contribution in [3.8, 4) is 0 Å². The number of hydrogen-bond acceptors (Lipinski definition) is 15. The highest BCUT2D eigenvalue weighted by Crippen LogP contribution is 2.45. The highest BCUT2D eigenvalue weighted by atomic mass is 31.2. The van der Waals surface area contributed by atoms with Gasteiger partial charge in [-0.15, -0.1) is 0 Å². The van der Waals surface area contributed by atoms with Crippen LogP contribution in [0.3, 0.4) is 0 Å². The predicted molar refractivity (Wildman–Crippen MR) is 354 cm³/mol. The number of rotatable bonds is 66. The maximum atomic E-state index is 13.0. The lowest BCUT2D eigenvalue weighted by Gasteiger charge is -2.21. The van der Waals surface area contributed by atoms with E-state index in [1.54, 1.807) is 0 Å². The monoisotopic (exact) mass is 1300 g/mol. The first-order valence-corrected chi connectivity index (χ1v) is 38.8. The molecule has 0 saturated carbocycles. The first-order chi connectivity index (χ1) is 42.2. The van der Waals surface area contributed by atoms with E-state index in [1.807, 2.05) is 0 Å². The number of carbonyl (C=O) groups is 4. The van der Waals surface area contributed by atoms with Crippen molar-refractivity contribution >= 4 is 39.5 Å². The topological polar surface area (TPSA) is 237 Å². The number of aliphatic hydroxyl groups excluding tert-OH is 1. The minimum atomic E-state index is -4.95. The van der Waals surface area contributed by atoms with E-state index in [0.29, 0.717) is 25.7 Å². The van der Waals surface area contributed by atoms with Crippen molar-refractivity contribution < 1.29 is 80.2 Å². The molecule has 0 bridgehead atoms. The van der Waals surface area contributed by atoms with Crippen LogP contribution in [0.2, 0.25) is 0 Å².